The molecule has 1 rings (SSSR count). The van der Waals surface area contributed by atoms with Gasteiger partial charge in [0.2, 0.25) is 0 Å². The summed E-state index contributed by atoms with van der Waals surface area (Å²) in [5.74, 6) is -1.22. The molecule has 0 radical (unpaired) electrons. The van der Waals surface area contributed by atoms with Crippen LogP contribution in [0.2, 0.25) is 0 Å². The first-order chi connectivity index (χ1) is 7.04. The van der Waals surface area contributed by atoms with E-state index in [0.29, 0.717) is 5.56 Å². The Kier molecular flexibility index (Phi) is 3.26. The molecule has 0 fully saturated rings. The number of aliphatic carboxylic acids is 1. The number of carboxylic acid groups (broad SMARTS) is 1. The number of carboxylic acids is 1. The van der Waals surface area contributed by atoms with Crippen molar-refractivity contribution in [1.82, 2.24) is 0 Å². The largest absolute Gasteiger partial charge is 0.507 e. The fraction of sp³-hybridized carbons (Fsp3) is 0.200. The number of nitrogens with zero attached hydrogens (tertiary/aromatic N) is 1. The Morgan fingerprint density at radius 1 is 1.60 bits per heavy atom. The Morgan fingerprint density at radius 3 is 2.80 bits per heavy atom. The second-order valence-corrected chi connectivity index (χ2v) is 3.11. The zero-order valence-electron chi connectivity index (χ0n) is 7.84. The van der Waals surface area contributed by atoms with Gasteiger partial charge >= 0.3 is 5.97 Å². The van der Waals surface area contributed by atoms with Crippen LogP contribution in [-0.4, -0.2) is 22.2 Å². The van der Waals surface area contributed by atoms with E-state index in [4.69, 9.17) is 16.1 Å². The predicted octanol–water partition coefficient (Wildman–Crippen LogP) is 0.218. The first kappa shape index (κ1) is 11.0. The highest BCUT2D eigenvalue weighted by Crippen LogP contribution is 2.17. The summed E-state index contributed by atoms with van der Waals surface area (Å²) >= 11 is 0. The molecule has 4 N–H and O–H groups in total. The monoisotopic (exact) mass is 206 g/mol. The first-order valence-electron chi connectivity index (χ1n) is 4.25. The van der Waals surface area contributed by atoms with E-state index in [2.05, 4.69) is 0 Å². The number of aromatic hydroxyl groups is 1. The fourth-order valence-corrected chi connectivity index (χ4v) is 1.14. The highest BCUT2D eigenvalue weighted by molar-refractivity contribution is 5.73. The van der Waals surface area contributed by atoms with Crippen molar-refractivity contribution in [2.45, 2.75) is 12.5 Å². The second kappa shape index (κ2) is 4.44. The van der Waals surface area contributed by atoms with Crippen molar-refractivity contribution in [3.8, 4) is 11.8 Å². The van der Waals surface area contributed by atoms with Crippen LogP contribution in [-0.2, 0) is 11.2 Å². The molecule has 1 aromatic rings. The van der Waals surface area contributed by atoms with Crippen molar-refractivity contribution >= 4 is 5.97 Å². The quantitative estimate of drug-likeness (QED) is 0.655. The number of phenolic OH excluding ortho intramolecular Hbond substituents is 1. The Balaban J connectivity index is 2.89. The van der Waals surface area contributed by atoms with Crippen LogP contribution in [0, 0.1) is 11.3 Å². The van der Waals surface area contributed by atoms with Gasteiger partial charge in [-0.3, -0.25) is 4.79 Å². The lowest BCUT2D eigenvalue weighted by atomic mass is 10.0. The van der Waals surface area contributed by atoms with E-state index in [-0.39, 0.29) is 17.7 Å². The van der Waals surface area contributed by atoms with Gasteiger partial charge in [-0.25, -0.2) is 0 Å². The molecule has 0 aliphatic carbocycles. The van der Waals surface area contributed by atoms with Crippen LogP contribution in [0.4, 0.5) is 0 Å². The molecule has 0 aliphatic rings. The van der Waals surface area contributed by atoms with Gasteiger partial charge in [0.15, 0.2) is 0 Å². The van der Waals surface area contributed by atoms with E-state index < -0.39 is 12.0 Å². The molecule has 0 aromatic heterocycles. The number of phenols is 1. The van der Waals surface area contributed by atoms with Gasteiger partial charge in [-0.1, -0.05) is 6.07 Å². The normalized spacial score (nSPS) is 11.7. The minimum atomic E-state index is -1.10. The smallest absolute Gasteiger partial charge is 0.320 e. The van der Waals surface area contributed by atoms with E-state index in [0.717, 1.165) is 0 Å². The van der Waals surface area contributed by atoms with E-state index >= 15 is 0 Å². The molecule has 5 heteroatoms. The summed E-state index contributed by atoms with van der Waals surface area (Å²) in [6.07, 6.45) is 0.129. The molecule has 0 aliphatic heterocycles. The first-order valence-corrected chi connectivity index (χ1v) is 4.25. The fourth-order valence-electron chi connectivity index (χ4n) is 1.14. The Hall–Kier alpha value is -2.06. The molecule has 1 aromatic carbocycles. The number of rotatable bonds is 3. The van der Waals surface area contributed by atoms with Crippen molar-refractivity contribution in [3.05, 3.63) is 29.3 Å². The number of hydrogen-bond donors (Lipinski definition) is 3. The molecule has 0 bridgehead atoms. The van der Waals surface area contributed by atoms with E-state index in [1.165, 1.54) is 12.1 Å². The van der Waals surface area contributed by atoms with Gasteiger partial charge in [-0.2, -0.15) is 5.26 Å². The average Bonchev–Trinajstić information content (AvgIpc) is 2.20. The van der Waals surface area contributed by atoms with Gasteiger partial charge in [-0.15, -0.1) is 0 Å². The van der Waals surface area contributed by atoms with Crippen LogP contribution < -0.4 is 5.73 Å². The molecule has 1 atom stereocenters. The standard InChI is InChI=1S/C10H10N2O3/c11-5-7-3-6(1-2-9(7)13)4-8(12)10(14)15/h1-3,8,13H,4,12H2,(H,14,15). The SMILES string of the molecule is N#Cc1cc(CC(N)C(=O)O)ccc1O. The Morgan fingerprint density at radius 2 is 2.27 bits per heavy atom. The molecule has 15 heavy (non-hydrogen) atoms. The van der Waals surface area contributed by atoms with Crippen molar-refractivity contribution in [2.75, 3.05) is 0 Å². The van der Waals surface area contributed by atoms with Crippen LogP contribution in [0.5, 0.6) is 5.75 Å². The summed E-state index contributed by atoms with van der Waals surface area (Å²) < 4.78 is 0. The van der Waals surface area contributed by atoms with Crippen molar-refractivity contribution in [2.24, 2.45) is 5.73 Å². The predicted molar refractivity (Wildman–Crippen MR) is 52.1 cm³/mol. The van der Waals surface area contributed by atoms with Crippen molar-refractivity contribution in [1.29, 1.82) is 5.26 Å². The summed E-state index contributed by atoms with van der Waals surface area (Å²) in [6, 6.07) is 5.12. The lowest BCUT2D eigenvalue weighted by Crippen LogP contribution is -2.32. The summed E-state index contributed by atoms with van der Waals surface area (Å²) in [7, 11) is 0. The summed E-state index contributed by atoms with van der Waals surface area (Å²) in [5, 5.41) is 26.4. The lowest BCUT2D eigenvalue weighted by Gasteiger charge is -2.06. The van der Waals surface area contributed by atoms with Gasteiger partial charge in [0, 0.05) is 0 Å². The molecule has 0 heterocycles. The van der Waals surface area contributed by atoms with Gasteiger partial charge in [0.1, 0.15) is 17.9 Å². The highest BCUT2D eigenvalue weighted by atomic mass is 16.4. The molecule has 0 saturated heterocycles. The number of nitrogens with two attached hydrogens (primary N) is 1. The molecule has 0 amide bonds. The third-order valence-corrected chi connectivity index (χ3v) is 1.95. The van der Waals surface area contributed by atoms with Crippen LogP contribution in [0.3, 0.4) is 0 Å². The van der Waals surface area contributed by atoms with E-state index in [9.17, 15) is 9.90 Å². The molecular weight excluding hydrogens is 196 g/mol. The van der Waals surface area contributed by atoms with Crippen LogP contribution in [0.15, 0.2) is 18.2 Å². The average molecular weight is 206 g/mol. The molecular formula is C10H10N2O3. The lowest BCUT2D eigenvalue weighted by molar-refractivity contribution is -0.138. The number of benzene rings is 1. The third-order valence-electron chi connectivity index (χ3n) is 1.95. The zero-order valence-corrected chi connectivity index (χ0v) is 7.84. The van der Waals surface area contributed by atoms with Gasteiger partial charge < -0.3 is 15.9 Å². The number of nitriles is 1. The van der Waals surface area contributed by atoms with E-state index in [1.54, 1.807) is 12.1 Å². The topological polar surface area (TPSA) is 107 Å². The van der Waals surface area contributed by atoms with Crippen LogP contribution in [0.1, 0.15) is 11.1 Å². The van der Waals surface area contributed by atoms with Gasteiger partial charge in [-0.05, 0) is 24.1 Å². The Labute approximate surface area is 86.4 Å². The molecule has 5 nitrogen and oxygen atoms in total. The van der Waals surface area contributed by atoms with Crippen molar-refractivity contribution < 1.29 is 15.0 Å². The third kappa shape index (κ3) is 2.69. The van der Waals surface area contributed by atoms with Crippen LogP contribution >= 0.6 is 0 Å². The minimum Gasteiger partial charge on any atom is -0.507 e. The highest BCUT2D eigenvalue weighted by Gasteiger charge is 2.12. The summed E-state index contributed by atoms with van der Waals surface area (Å²) in [5.41, 5.74) is 6.06. The van der Waals surface area contributed by atoms with Crippen molar-refractivity contribution in [3.63, 3.8) is 0 Å². The maximum Gasteiger partial charge on any atom is 0.320 e. The summed E-state index contributed by atoms with van der Waals surface area (Å²) in [6.45, 7) is 0. The maximum atomic E-state index is 10.5. The number of hydrogen-bond acceptors (Lipinski definition) is 4. The number of carbonyl (C=O) groups is 1. The van der Waals surface area contributed by atoms with E-state index in [1.807, 2.05) is 0 Å². The molecule has 0 saturated carbocycles. The minimum absolute atomic E-state index is 0.116. The van der Waals surface area contributed by atoms with Gasteiger partial charge in [0.25, 0.3) is 0 Å². The Bertz CT molecular complexity index is 423. The zero-order chi connectivity index (χ0) is 11.4. The summed E-state index contributed by atoms with van der Waals surface area (Å²) in [4.78, 5) is 10.5. The maximum absolute atomic E-state index is 10.5. The van der Waals surface area contributed by atoms with Gasteiger partial charge in [0.05, 0.1) is 5.56 Å². The second-order valence-electron chi connectivity index (χ2n) is 3.11. The van der Waals surface area contributed by atoms with Crippen LogP contribution in [0.25, 0.3) is 0 Å². The molecule has 1 unspecified atom stereocenters. The molecule has 78 valence electrons. The molecule has 0 spiro atoms.